The van der Waals surface area contributed by atoms with E-state index in [1.807, 2.05) is 0 Å². The van der Waals surface area contributed by atoms with Gasteiger partial charge in [0.15, 0.2) is 16.6 Å². The first-order valence-corrected chi connectivity index (χ1v) is 22.6. The Morgan fingerprint density at radius 1 is 0.951 bits per heavy atom. The summed E-state index contributed by atoms with van der Waals surface area (Å²) in [5.41, 5.74) is 10.7. The van der Waals surface area contributed by atoms with E-state index in [4.69, 9.17) is 32.1 Å². The van der Waals surface area contributed by atoms with Gasteiger partial charge in [-0.25, -0.2) is 0 Å². The van der Waals surface area contributed by atoms with Crippen molar-refractivity contribution in [3.8, 4) is 0 Å². The summed E-state index contributed by atoms with van der Waals surface area (Å²) >= 11 is 12.9. The maximum absolute atomic E-state index is 9.39. The number of halogens is 2. The van der Waals surface area contributed by atoms with E-state index in [-0.39, 0.29) is 27.0 Å². The molecule has 2 unspecified atom stereocenters. The maximum atomic E-state index is 9.39. The smallest absolute Gasteiger partial charge is 0.192 e. The molecule has 3 rings (SSSR count). The summed E-state index contributed by atoms with van der Waals surface area (Å²) < 4.78 is 14.5. The molecule has 0 aromatic carbocycles. The van der Waals surface area contributed by atoms with E-state index in [9.17, 15) is 5.53 Å². The van der Waals surface area contributed by atoms with Crippen LogP contribution in [0.15, 0.2) is 15.2 Å². The molecular weight excluding hydrogens is 585 g/mol. The van der Waals surface area contributed by atoms with Crippen LogP contribution in [0.3, 0.4) is 0 Å². The third-order valence-electron chi connectivity index (χ3n) is 12.9. The molecule has 236 valence electrons. The first-order chi connectivity index (χ1) is 18.6. The zero-order chi connectivity index (χ0) is 31.2. The molecule has 3 fully saturated rings. The van der Waals surface area contributed by atoms with Crippen LogP contribution in [0.5, 0.6) is 0 Å². The lowest BCUT2D eigenvalue weighted by atomic mass is 9.49. The molecule has 0 amide bonds. The fraction of sp³-hybridized carbons (Fsp3) is 0.938. The van der Waals surface area contributed by atoms with E-state index >= 15 is 0 Å². The van der Waals surface area contributed by atoms with Crippen LogP contribution in [0, 0.1) is 34.5 Å². The summed E-state index contributed by atoms with van der Waals surface area (Å²) in [6, 6.07) is 0. The van der Waals surface area contributed by atoms with Crippen molar-refractivity contribution >= 4 is 39.8 Å². The lowest BCUT2D eigenvalue weighted by Crippen LogP contribution is -2.54. The van der Waals surface area contributed by atoms with Crippen LogP contribution in [0.2, 0.25) is 36.3 Å². The van der Waals surface area contributed by atoms with Crippen molar-refractivity contribution in [3.63, 3.8) is 0 Å². The minimum absolute atomic E-state index is 0.0167. The Hall–Kier alpha value is -0.0162. The predicted molar refractivity (Wildman–Crippen MR) is 180 cm³/mol. The maximum Gasteiger partial charge on any atom is 0.192 e. The summed E-state index contributed by atoms with van der Waals surface area (Å²) in [6.07, 6.45) is 7.73. The molecule has 0 N–H and O–H groups in total. The predicted octanol–water partition coefficient (Wildman–Crippen LogP) is 11.6. The molecule has 0 heterocycles. The molecule has 7 atom stereocenters. The van der Waals surface area contributed by atoms with Gasteiger partial charge in [0.25, 0.3) is 0 Å². The lowest BCUT2D eigenvalue weighted by molar-refractivity contribution is -0.0880. The van der Waals surface area contributed by atoms with Crippen LogP contribution >= 0.6 is 23.2 Å². The molecule has 0 aliphatic heterocycles. The van der Waals surface area contributed by atoms with E-state index in [2.05, 4.69) is 91.6 Å². The second kappa shape index (κ2) is 12.4. The van der Waals surface area contributed by atoms with Gasteiger partial charge in [0, 0.05) is 24.2 Å². The third kappa shape index (κ3) is 7.12. The fourth-order valence-electron chi connectivity index (χ4n) is 7.97. The highest BCUT2D eigenvalue weighted by atomic mass is 35.5. The van der Waals surface area contributed by atoms with Crippen LogP contribution in [0.4, 0.5) is 0 Å². The fourth-order valence-corrected chi connectivity index (χ4v) is 11.0. The Morgan fingerprint density at radius 3 is 2.10 bits per heavy atom. The quantitative estimate of drug-likeness (QED) is 0.114. The first kappa shape index (κ1) is 35.5. The van der Waals surface area contributed by atoms with Gasteiger partial charge in [-0.1, -0.05) is 83.7 Å². The number of fused-ring (bicyclic) bond motifs is 1. The second-order valence-electron chi connectivity index (χ2n) is 17.1. The Balaban J connectivity index is 1.98. The van der Waals surface area contributed by atoms with Gasteiger partial charge >= 0.3 is 0 Å². The largest absolute Gasteiger partial charge is 0.417 e. The Morgan fingerprint density at radius 2 is 1.56 bits per heavy atom. The van der Waals surface area contributed by atoms with Gasteiger partial charge in [-0.3, -0.25) is 0 Å². The highest BCUT2D eigenvalue weighted by Crippen LogP contribution is 2.65. The van der Waals surface area contributed by atoms with E-state index in [1.165, 1.54) is 5.57 Å². The summed E-state index contributed by atoms with van der Waals surface area (Å²) in [5.74, 6) is 1.60. The van der Waals surface area contributed by atoms with Crippen LogP contribution in [-0.2, 0) is 8.85 Å². The SMILES string of the molecule is CC(C)(C)[Si](C)(C)OC[C@H]1C[C@@H](O[Si](C)(C)C(C)(C)C)CC[C@]1(C)C1CC[C@]2(C)C(=C(Cl)Cl)CCC2[C@@H]1CN=[N+]=[N-]. The van der Waals surface area contributed by atoms with Crippen LogP contribution < -0.4 is 0 Å². The van der Waals surface area contributed by atoms with Crippen molar-refractivity contribution in [3.05, 3.63) is 20.5 Å². The molecule has 0 aromatic rings. The van der Waals surface area contributed by atoms with Gasteiger partial charge in [-0.15, -0.1) is 0 Å². The molecule has 0 saturated heterocycles. The topological polar surface area (TPSA) is 67.2 Å². The van der Waals surface area contributed by atoms with Crippen LogP contribution in [0.25, 0.3) is 10.4 Å². The Kier molecular flexibility index (Phi) is 10.7. The summed E-state index contributed by atoms with van der Waals surface area (Å²) in [6.45, 7) is 29.7. The molecule has 0 aromatic heterocycles. The van der Waals surface area contributed by atoms with Gasteiger partial charge in [0.05, 0.1) is 0 Å². The first-order valence-electron chi connectivity index (χ1n) is 16.0. The second-order valence-corrected chi connectivity index (χ2v) is 27.6. The molecule has 0 spiro atoms. The van der Waals surface area contributed by atoms with Crippen LogP contribution in [0.1, 0.15) is 100 Å². The highest BCUT2D eigenvalue weighted by molar-refractivity contribution is 6.74. The monoisotopic (exact) mass is 643 g/mol. The van der Waals surface area contributed by atoms with Gasteiger partial charge < -0.3 is 8.85 Å². The Bertz CT molecular complexity index is 1030. The van der Waals surface area contributed by atoms with E-state index in [1.54, 1.807) is 0 Å². The number of rotatable bonds is 8. The van der Waals surface area contributed by atoms with Crippen molar-refractivity contribution in [2.24, 2.45) is 39.6 Å². The molecule has 0 bridgehead atoms. The molecule has 9 heteroatoms. The van der Waals surface area contributed by atoms with Crippen LogP contribution in [-0.4, -0.2) is 35.9 Å². The number of hydrogen-bond acceptors (Lipinski definition) is 3. The molecule has 0 radical (unpaired) electrons. The minimum Gasteiger partial charge on any atom is -0.417 e. The zero-order valence-corrected chi connectivity index (χ0v) is 31.7. The molecule has 5 nitrogen and oxygen atoms in total. The van der Waals surface area contributed by atoms with Gasteiger partial charge in [-0.2, -0.15) is 0 Å². The molecule has 3 saturated carbocycles. The zero-order valence-electron chi connectivity index (χ0n) is 28.2. The number of hydrogen-bond donors (Lipinski definition) is 0. The van der Waals surface area contributed by atoms with E-state index in [0.29, 0.717) is 34.7 Å². The summed E-state index contributed by atoms with van der Waals surface area (Å²) in [5, 5.41) is 4.57. The average Bonchev–Trinajstić information content (AvgIpc) is 3.18. The summed E-state index contributed by atoms with van der Waals surface area (Å²) in [7, 11) is -3.82. The highest BCUT2D eigenvalue weighted by Gasteiger charge is 2.58. The molecular formula is C32H59Cl2N3O2Si2. The average molecular weight is 645 g/mol. The number of nitrogens with zero attached hydrogens (tertiary/aromatic N) is 3. The normalized spacial score (nSPS) is 35.2. The van der Waals surface area contributed by atoms with E-state index in [0.717, 1.165) is 51.6 Å². The summed E-state index contributed by atoms with van der Waals surface area (Å²) in [4.78, 5) is 3.24. The number of azide groups is 1. The van der Waals surface area contributed by atoms with Crippen molar-refractivity contribution in [1.82, 2.24) is 0 Å². The van der Waals surface area contributed by atoms with Crippen molar-refractivity contribution in [2.75, 3.05) is 13.2 Å². The van der Waals surface area contributed by atoms with Crippen molar-refractivity contribution in [1.29, 1.82) is 0 Å². The Labute approximate surface area is 263 Å². The van der Waals surface area contributed by atoms with Gasteiger partial charge in [-0.05, 0) is 127 Å². The van der Waals surface area contributed by atoms with Gasteiger partial charge in [0.2, 0.25) is 0 Å². The number of allylic oxidation sites excluding steroid dienone is 1. The molecule has 3 aliphatic rings. The van der Waals surface area contributed by atoms with Gasteiger partial charge in [0.1, 0.15) is 4.49 Å². The van der Waals surface area contributed by atoms with Crippen molar-refractivity contribution < 1.29 is 8.85 Å². The molecule has 3 aliphatic carbocycles. The standard InChI is InChI=1S/C32H59Cl2N3O2Si2/c1-29(2,3)40(9,10)38-21-22-19-23(39-41(11,12)30(4,5)6)15-17-31(22,7)26-16-18-32(8)25(24(26)20-36-37-35)13-14-27(32)28(33)34/h22-26H,13-21H2,1-12H3/t22-,23+,24+,25?,26?,31+,32+/m1/s1. The minimum atomic E-state index is -1.93. The third-order valence-corrected chi connectivity index (χ3v) is 22.3. The lowest BCUT2D eigenvalue weighted by Gasteiger charge is -2.57. The molecule has 41 heavy (non-hydrogen) atoms. The van der Waals surface area contributed by atoms with E-state index < -0.39 is 16.6 Å². The van der Waals surface area contributed by atoms with Crippen molar-refractivity contribution in [2.45, 2.75) is 143 Å².